The van der Waals surface area contributed by atoms with E-state index in [4.69, 9.17) is 4.74 Å². The number of carbonyl (C=O) groups is 3. The molecule has 0 radical (unpaired) electrons. The highest BCUT2D eigenvalue weighted by Crippen LogP contribution is 2.69. The number of carbonyl (C=O) groups excluding carboxylic acids is 3. The van der Waals surface area contributed by atoms with E-state index in [2.05, 4.69) is 25.0 Å². The lowest BCUT2D eigenvalue weighted by Gasteiger charge is -2.41. The molecule has 1 spiro atoms. The molecule has 43 heavy (non-hydrogen) atoms. The molecule has 5 rings (SSSR count). The quantitative estimate of drug-likeness (QED) is 0.256. The summed E-state index contributed by atoms with van der Waals surface area (Å²) in [7, 11) is 0. The molecular formula is C33H46N4O5S. The van der Waals surface area contributed by atoms with Crippen LogP contribution in [0.25, 0.3) is 0 Å². The van der Waals surface area contributed by atoms with Crippen molar-refractivity contribution in [1.82, 2.24) is 14.7 Å². The van der Waals surface area contributed by atoms with Gasteiger partial charge >= 0.3 is 0 Å². The van der Waals surface area contributed by atoms with Crippen LogP contribution in [0.15, 0.2) is 55.6 Å². The number of fused-ring (bicyclic) bond motifs is 1. The van der Waals surface area contributed by atoms with Crippen LogP contribution in [0.4, 0.5) is 5.69 Å². The molecule has 1 aromatic carbocycles. The maximum atomic E-state index is 14.7. The van der Waals surface area contributed by atoms with Gasteiger partial charge in [0.1, 0.15) is 6.04 Å². The number of rotatable bonds is 14. The van der Waals surface area contributed by atoms with E-state index in [1.165, 1.54) is 0 Å². The number of para-hydroxylation sites is 1. The normalized spacial score (nSPS) is 29.9. The first-order valence-electron chi connectivity index (χ1n) is 15.6. The lowest BCUT2D eigenvalue weighted by Crippen LogP contribution is -2.58. The van der Waals surface area contributed by atoms with E-state index in [1.54, 1.807) is 33.7 Å². The number of anilines is 1. The molecule has 0 aliphatic carbocycles. The summed E-state index contributed by atoms with van der Waals surface area (Å²) < 4.78 is 4.81. The SMILES string of the molecule is C=CCN(CCN1CCOCC1)C(=O)C1N(CCCCO)C(=O)[C@@H]2[C@H](C(=O)N(CC=C)c3ccccc3)[C@@H]3CC(C)C12S3. The molecule has 1 N–H and O–H groups in total. The molecule has 4 fully saturated rings. The number of hydrogen-bond donors (Lipinski definition) is 1. The smallest absolute Gasteiger partial charge is 0.247 e. The number of aliphatic hydroxyl groups excluding tert-OH is 1. The summed E-state index contributed by atoms with van der Waals surface area (Å²) in [5, 5.41) is 9.47. The predicted molar refractivity (Wildman–Crippen MR) is 170 cm³/mol. The van der Waals surface area contributed by atoms with Crippen LogP contribution in [0, 0.1) is 17.8 Å². The molecule has 4 saturated heterocycles. The number of thioether (sulfide) groups is 1. The van der Waals surface area contributed by atoms with Gasteiger partial charge in [-0.3, -0.25) is 19.3 Å². The average Bonchev–Trinajstić information content (AvgIpc) is 3.62. The maximum Gasteiger partial charge on any atom is 0.247 e. The topological polar surface area (TPSA) is 93.6 Å². The van der Waals surface area contributed by atoms with Crippen LogP contribution >= 0.6 is 11.8 Å². The molecule has 0 aromatic heterocycles. The van der Waals surface area contributed by atoms with E-state index in [0.717, 1.165) is 31.7 Å². The van der Waals surface area contributed by atoms with Crippen molar-refractivity contribution >= 4 is 35.2 Å². The van der Waals surface area contributed by atoms with Crippen molar-refractivity contribution in [2.45, 2.75) is 42.2 Å². The molecule has 3 amide bonds. The molecule has 2 bridgehead atoms. The summed E-state index contributed by atoms with van der Waals surface area (Å²) in [5.74, 6) is -1.25. The minimum absolute atomic E-state index is 0.0271. The Labute approximate surface area is 259 Å². The van der Waals surface area contributed by atoms with E-state index < -0.39 is 22.6 Å². The highest BCUT2D eigenvalue weighted by atomic mass is 32.2. The summed E-state index contributed by atoms with van der Waals surface area (Å²) in [6, 6.07) is 8.87. The fraction of sp³-hybridized carbons (Fsp3) is 0.606. The van der Waals surface area contributed by atoms with Gasteiger partial charge in [0.25, 0.3) is 0 Å². The summed E-state index contributed by atoms with van der Waals surface area (Å²) in [4.78, 5) is 51.2. The predicted octanol–water partition coefficient (Wildman–Crippen LogP) is 2.66. The number of aliphatic hydroxyl groups is 1. The maximum absolute atomic E-state index is 14.7. The molecule has 0 saturated carbocycles. The molecule has 3 unspecified atom stereocenters. The Morgan fingerprint density at radius 2 is 1.81 bits per heavy atom. The van der Waals surface area contributed by atoms with Crippen LogP contribution < -0.4 is 4.90 Å². The minimum atomic E-state index is -0.687. The first-order chi connectivity index (χ1) is 20.9. The van der Waals surface area contributed by atoms with E-state index in [0.29, 0.717) is 52.2 Å². The largest absolute Gasteiger partial charge is 0.396 e. The van der Waals surface area contributed by atoms with Crippen LogP contribution in [0.5, 0.6) is 0 Å². The fourth-order valence-corrected chi connectivity index (χ4v) is 10.1. The van der Waals surface area contributed by atoms with Crippen LogP contribution in [-0.2, 0) is 19.1 Å². The molecule has 6 atom stereocenters. The zero-order valence-electron chi connectivity index (χ0n) is 25.3. The van der Waals surface area contributed by atoms with Gasteiger partial charge in [-0.05, 0) is 37.3 Å². The molecule has 1 aromatic rings. The molecule has 9 nitrogen and oxygen atoms in total. The highest BCUT2D eigenvalue weighted by molar-refractivity contribution is 8.02. The third kappa shape index (κ3) is 5.91. The van der Waals surface area contributed by atoms with Crippen LogP contribution in [0.3, 0.4) is 0 Å². The van der Waals surface area contributed by atoms with Gasteiger partial charge in [-0.15, -0.1) is 24.9 Å². The Morgan fingerprint density at radius 1 is 1.09 bits per heavy atom. The van der Waals surface area contributed by atoms with Crippen LogP contribution in [0.1, 0.15) is 26.2 Å². The van der Waals surface area contributed by atoms with Gasteiger partial charge in [0, 0.05) is 63.4 Å². The standard InChI is InChI=1S/C33H46N4O5S/c1-4-13-35(17-16-34-18-21-42-22-19-34)32(41)29-33-24(3)23-26(43-33)27(28(33)31(40)37(29)15-9-10-20-38)30(39)36(14-5-2)25-11-7-6-8-12-25/h4-8,11-12,24,26-29,38H,1-2,9-10,13-23H2,3H3/t24?,26-,27+,28-,29?,33?/m0/s1. The van der Waals surface area contributed by atoms with Gasteiger partial charge in [0.05, 0.1) is 29.8 Å². The second-order valence-electron chi connectivity index (χ2n) is 12.1. The molecule has 4 aliphatic rings. The minimum Gasteiger partial charge on any atom is -0.396 e. The monoisotopic (exact) mass is 610 g/mol. The van der Waals surface area contributed by atoms with Crippen LogP contribution in [0.2, 0.25) is 0 Å². The Hall–Kier alpha value is -2.66. The van der Waals surface area contributed by atoms with Gasteiger partial charge in [0.15, 0.2) is 0 Å². The van der Waals surface area contributed by atoms with Gasteiger partial charge in [-0.2, -0.15) is 0 Å². The Bertz CT molecular complexity index is 1180. The second-order valence-corrected chi connectivity index (χ2v) is 13.7. The number of unbranched alkanes of at least 4 members (excludes halogenated alkanes) is 1. The number of nitrogens with zero attached hydrogens (tertiary/aromatic N) is 4. The lowest BCUT2D eigenvalue weighted by atomic mass is 9.65. The molecular weight excluding hydrogens is 564 g/mol. The van der Waals surface area contributed by atoms with Crippen molar-refractivity contribution in [3.8, 4) is 0 Å². The van der Waals surface area contributed by atoms with Gasteiger partial charge < -0.3 is 24.5 Å². The Kier molecular flexibility index (Phi) is 10.3. The highest BCUT2D eigenvalue weighted by Gasteiger charge is 2.76. The van der Waals surface area contributed by atoms with E-state index in [-0.39, 0.29) is 35.5 Å². The van der Waals surface area contributed by atoms with Gasteiger partial charge in [-0.1, -0.05) is 37.3 Å². The lowest BCUT2D eigenvalue weighted by molar-refractivity contribution is -0.143. The zero-order chi connectivity index (χ0) is 30.6. The third-order valence-electron chi connectivity index (χ3n) is 9.67. The van der Waals surface area contributed by atoms with Crippen molar-refractivity contribution in [1.29, 1.82) is 0 Å². The number of benzene rings is 1. The van der Waals surface area contributed by atoms with E-state index in [1.807, 2.05) is 35.2 Å². The van der Waals surface area contributed by atoms with Crippen LogP contribution in [-0.4, -0.2) is 119 Å². The van der Waals surface area contributed by atoms with Crippen molar-refractivity contribution in [2.24, 2.45) is 17.8 Å². The second kappa shape index (κ2) is 14.0. The summed E-state index contributed by atoms with van der Waals surface area (Å²) >= 11 is 1.70. The average molecular weight is 611 g/mol. The number of amides is 3. The van der Waals surface area contributed by atoms with Crippen molar-refractivity contribution in [3.05, 3.63) is 55.6 Å². The summed E-state index contributed by atoms with van der Waals surface area (Å²) in [5.41, 5.74) is 0.778. The molecule has 234 valence electrons. The summed E-state index contributed by atoms with van der Waals surface area (Å²) in [6.07, 6.45) is 5.39. The molecule has 4 heterocycles. The zero-order valence-corrected chi connectivity index (χ0v) is 26.1. The Morgan fingerprint density at radius 3 is 2.49 bits per heavy atom. The number of hydrogen-bond acceptors (Lipinski definition) is 7. The summed E-state index contributed by atoms with van der Waals surface area (Å²) in [6.45, 7) is 15.4. The van der Waals surface area contributed by atoms with Crippen molar-refractivity contribution in [2.75, 3.05) is 70.5 Å². The fourth-order valence-electron chi connectivity index (χ4n) is 7.66. The van der Waals surface area contributed by atoms with Crippen molar-refractivity contribution in [3.63, 3.8) is 0 Å². The Balaban J connectivity index is 1.48. The third-order valence-corrected chi connectivity index (χ3v) is 11.7. The number of ether oxygens (including phenoxy) is 1. The van der Waals surface area contributed by atoms with Gasteiger partial charge in [-0.25, -0.2) is 0 Å². The van der Waals surface area contributed by atoms with Gasteiger partial charge in [0.2, 0.25) is 17.7 Å². The van der Waals surface area contributed by atoms with E-state index >= 15 is 0 Å². The number of likely N-dealkylation sites (tertiary alicyclic amines) is 1. The first-order valence-corrected chi connectivity index (χ1v) is 16.5. The molecule has 10 heteroatoms. The first kappa shape index (κ1) is 31.8. The number of morpholine rings is 1. The van der Waals surface area contributed by atoms with E-state index in [9.17, 15) is 19.5 Å². The molecule has 4 aliphatic heterocycles. The van der Waals surface area contributed by atoms with Crippen molar-refractivity contribution < 1.29 is 24.2 Å².